The molecule has 31 heavy (non-hydrogen) atoms. The number of hydrogen-bond donors (Lipinski definition) is 1. The maximum Gasteiger partial charge on any atom is 0.228 e. The Morgan fingerprint density at radius 3 is 3.19 bits per heavy atom. The van der Waals surface area contributed by atoms with Crippen molar-refractivity contribution in [2.75, 3.05) is 36.1 Å². The van der Waals surface area contributed by atoms with Crippen molar-refractivity contribution >= 4 is 40.1 Å². The van der Waals surface area contributed by atoms with Crippen molar-refractivity contribution in [3.63, 3.8) is 0 Å². The molecule has 1 amide bonds. The normalized spacial score (nSPS) is 22.6. The van der Waals surface area contributed by atoms with Crippen molar-refractivity contribution in [1.82, 2.24) is 15.0 Å². The molecule has 1 N–H and O–H groups in total. The van der Waals surface area contributed by atoms with Crippen LogP contribution >= 0.6 is 11.8 Å². The fraction of sp³-hybridized carbons (Fsp3) is 0.348. The van der Waals surface area contributed by atoms with Crippen LogP contribution in [0.2, 0.25) is 0 Å². The van der Waals surface area contributed by atoms with Crippen molar-refractivity contribution in [1.29, 1.82) is 0 Å². The maximum atomic E-state index is 13.3. The predicted octanol–water partition coefficient (Wildman–Crippen LogP) is 3.59. The minimum Gasteiger partial charge on any atom is -0.377 e. The van der Waals surface area contributed by atoms with Crippen LogP contribution in [-0.2, 0) is 9.53 Å². The van der Waals surface area contributed by atoms with Crippen LogP contribution in [0.15, 0.2) is 48.1 Å². The van der Waals surface area contributed by atoms with Gasteiger partial charge in [-0.1, -0.05) is 18.2 Å². The number of carbonyl (C=O) groups is 1. The zero-order valence-electron chi connectivity index (χ0n) is 17.0. The Hall–Kier alpha value is -2.84. The van der Waals surface area contributed by atoms with E-state index < -0.39 is 0 Å². The molecular formula is C23H23N5O2S. The van der Waals surface area contributed by atoms with E-state index in [0.29, 0.717) is 37.3 Å². The highest BCUT2D eigenvalue weighted by Gasteiger charge is 2.37. The van der Waals surface area contributed by atoms with Crippen LogP contribution in [0.1, 0.15) is 12.8 Å². The van der Waals surface area contributed by atoms with Crippen molar-refractivity contribution in [3.8, 4) is 11.4 Å². The van der Waals surface area contributed by atoms with Crippen LogP contribution in [0.25, 0.3) is 22.3 Å². The molecule has 7 nitrogen and oxygen atoms in total. The number of thioether (sulfide) groups is 1. The van der Waals surface area contributed by atoms with Gasteiger partial charge in [0.2, 0.25) is 5.91 Å². The third-order valence-corrected chi connectivity index (χ3v) is 7.33. The van der Waals surface area contributed by atoms with Crippen LogP contribution in [-0.4, -0.2) is 58.5 Å². The largest absolute Gasteiger partial charge is 0.377 e. The summed E-state index contributed by atoms with van der Waals surface area (Å²) in [7, 11) is 0. The Kier molecular flexibility index (Phi) is 4.69. The number of hydrogen-bond acceptors (Lipinski definition) is 6. The summed E-state index contributed by atoms with van der Waals surface area (Å²) in [5.74, 6) is 1.65. The predicted molar refractivity (Wildman–Crippen MR) is 123 cm³/mol. The Balaban J connectivity index is 1.40. The molecule has 1 fully saturated rings. The van der Waals surface area contributed by atoms with E-state index in [-0.39, 0.29) is 11.9 Å². The first-order chi connectivity index (χ1) is 15.3. The lowest BCUT2D eigenvalue weighted by Gasteiger charge is -2.45. The lowest BCUT2D eigenvalue weighted by Crippen LogP contribution is -2.57. The van der Waals surface area contributed by atoms with Gasteiger partial charge < -0.3 is 19.5 Å². The van der Waals surface area contributed by atoms with Gasteiger partial charge in [-0.2, -0.15) is 0 Å². The number of carbonyl (C=O) groups excluding carboxylic acids is 1. The van der Waals surface area contributed by atoms with Crippen molar-refractivity contribution in [3.05, 3.63) is 48.1 Å². The minimum atomic E-state index is 0.116. The van der Waals surface area contributed by atoms with Gasteiger partial charge in [-0.3, -0.25) is 4.79 Å². The molecular weight excluding hydrogens is 410 g/mol. The molecule has 1 saturated heterocycles. The summed E-state index contributed by atoms with van der Waals surface area (Å²) in [6.45, 7) is 2.66. The molecule has 0 aliphatic carbocycles. The first-order valence-electron chi connectivity index (χ1n) is 10.7. The van der Waals surface area contributed by atoms with Gasteiger partial charge in [0.05, 0.1) is 25.5 Å². The highest BCUT2D eigenvalue weighted by Crippen LogP contribution is 2.38. The van der Waals surface area contributed by atoms with E-state index in [2.05, 4.69) is 21.4 Å². The first kappa shape index (κ1) is 18.9. The van der Waals surface area contributed by atoms with Crippen LogP contribution < -0.4 is 9.80 Å². The average molecular weight is 434 g/mol. The van der Waals surface area contributed by atoms with Crippen LogP contribution in [0.4, 0.5) is 11.5 Å². The summed E-state index contributed by atoms with van der Waals surface area (Å²) in [5, 5.41) is 3.51. The summed E-state index contributed by atoms with van der Waals surface area (Å²) in [5.41, 5.74) is 2.86. The average Bonchev–Trinajstić information content (AvgIpc) is 3.50. The first-order valence-corrected chi connectivity index (χ1v) is 11.6. The van der Waals surface area contributed by atoms with Gasteiger partial charge in [0.25, 0.3) is 0 Å². The number of amides is 1. The van der Waals surface area contributed by atoms with Gasteiger partial charge in [0.1, 0.15) is 5.69 Å². The number of aromatic nitrogens is 3. The van der Waals surface area contributed by atoms with Gasteiger partial charge >= 0.3 is 0 Å². The second kappa shape index (κ2) is 7.69. The molecule has 0 spiro atoms. The second-order valence-electron chi connectivity index (χ2n) is 8.14. The highest BCUT2D eigenvalue weighted by molar-refractivity contribution is 8.03. The van der Waals surface area contributed by atoms with E-state index in [1.54, 1.807) is 11.8 Å². The SMILES string of the molecule is O=C(CC1CC=CS1)N1CC2COCCN2c2nc(-c3cccc4[nH]ccc34)ncc21. The quantitative estimate of drug-likeness (QED) is 0.681. The van der Waals surface area contributed by atoms with E-state index in [1.807, 2.05) is 41.6 Å². The number of H-pyrrole nitrogens is 1. The summed E-state index contributed by atoms with van der Waals surface area (Å²) >= 11 is 1.74. The Morgan fingerprint density at radius 2 is 2.29 bits per heavy atom. The fourth-order valence-corrected chi connectivity index (χ4v) is 5.58. The molecule has 3 aromatic rings. The number of benzene rings is 1. The van der Waals surface area contributed by atoms with E-state index in [0.717, 1.165) is 40.9 Å². The molecule has 6 rings (SSSR count). The lowest BCUT2D eigenvalue weighted by molar-refractivity contribution is -0.118. The third kappa shape index (κ3) is 3.30. The van der Waals surface area contributed by atoms with Crippen LogP contribution in [0.3, 0.4) is 0 Å². The number of rotatable bonds is 3. The molecule has 2 atom stereocenters. The van der Waals surface area contributed by atoms with Crippen molar-refractivity contribution in [2.45, 2.75) is 24.1 Å². The molecule has 2 aromatic heterocycles. The second-order valence-corrected chi connectivity index (χ2v) is 9.35. The Morgan fingerprint density at radius 1 is 1.32 bits per heavy atom. The number of nitrogens with one attached hydrogen (secondary N) is 1. The summed E-state index contributed by atoms with van der Waals surface area (Å²) in [4.78, 5) is 30.4. The molecule has 2 unspecified atom stereocenters. The number of aromatic amines is 1. The number of fused-ring (bicyclic) bond motifs is 4. The van der Waals surface area contributed by atoms with Gasteiger partial charge in [0, 0.05) is 47.4 Å². The minimum absolute atomic E-state index is 0.116. The van der Waals surface area contributed by atoms with Gasteiger partial charge in [0.15, 0.2) is 11.6 Å². The maximum absolute atomic E-state index is 13.3. The molecule has 3 aliphatic rings. The summed E-state index contributed by atoms with van der Waals surface area (Å²) in [6, 6.07) is 8.27. The highest BCUT2D eigenvalue weighted by atomic mass is 32.2. The Labute approximate surface area is 184 Å². The number of anilines is 2. The molecule has 158 valence electrons. The molecule has 8 heteroatoms. The zero-order chi connectivity index (χ0) is 20.8. The number of nitrogens with zero attached hydrogens (tertiary/aromatic N) is 4. The monoisotopic (exact) mass is 433 g/mol. The topological polar surface area (TPSA) is 74.3 Å². The van der Waals surface area contributed by atoms with Gasteiger partial charge in [-0.25, -0.2) is 9.97 Å². The van der Waals surface area contributed by atoms with E-state index >= 15 is 0 Å². The fourth-order valence-electron chi connectivity index (χ4n) is 4.67. The molecule has 1 aromatic carbocycles. The standard InChI is InChI=1S/C23H23N5O2S/c29-21(11-16-3-2-10-31-16)28-13-15-14-30-9-8-27(15)23-20(28)12-25-22(26-23)18-4-1-5-19-17(18)6-7-24-19/h1-2,4-7,10,12,15-16,24H,3,8-9,11,13-14H2. The summed E-state index contributed by atoms with van der Waals surface area (Å²) < 4.78 is 5.74. The van der Waals surface area contributed by atoms with E-state index in [9.17, 15) is 4.79 Å². The number of morpholine rings is 1. The summed E-state index contributed by atoms with van der Waals surface area (Å²) in [6.07, 6.45) is 7.37. The Bertz CT molecular complexity index is 1170. The molecule has 3 aliphatic heterocycles. The van der Waals surface area contributed by atoms with Crippen molar-refractivity contribution < 1.29 is 9.53 Å². The number of allylic oxidation sites excluding steroid dienone is 1. The van der Waals surface area contributed by atoms with Gasteiger partial charge in [-0.05, 0) is 24.0 Å². The molecule has 0 saturated carbocycles. The third-order valence-electron chi connectivity index (χ3n) is 6.24. The van der Waals surface area contributed by atoms with Crippen LogP contribution in [0, 0.1) is 0 Å². The number of ether oxygens (including phenoxy) is 1. The lowest BCUT2D eigenvalue weighted by atomic mass is 10.1. The van der Waals surface area contributed by atoms with Crippen molar-refractivity contribution in [2.24, 2.45) is 0 Å². The van der Waals surface area contributed by atoms with Crippen LogP contribution in [0.5, 0.6) is 0 Å². The molecule has 0 radical (unpaired) electrons. The zero-order valence-corrected chi connectivity index (χ0v) is 17.8. The molecule has 0 bridgehead atoms. The van der Waals surface area contributed by atoms with E-state index in [4.69, 9.17) is 14.7 Å². The van der Waals surface area contributed by atoms with E-state index in [1.165, 1.54) is 0 Å². The smallest absolute Gasteiger partial charge is 0.228 e. The van der Waals surface area contributed by atoms with Gasteiger partial charge in [-0.15, -0.1) is 11.8 Å². The molecule has 5 heterocycles.